The van der Waals surface area contributed by atoms with Gasteiger partial charge in [0.15, 0.2) is 0 Å². The van der Waals surface area contributed by atoms with Crippen molar-refractivity contribution >= 4 is 18.3 Å². The van der Waals surface area contributed by atoms with Crippen molar-refractivity contribution in [3.05, 3.63) is 23.8 Å². The Labute approximate surface area is 111 Å². The average Bonchev–Trinajstić information content (AvgIpc) is 2.20. The molecular formula is C12H18BF2NO3. The maximum atomic E-state index is 13.6. The van der Waals surface area contributed by atoms with E-state index in [0.717, 1.165) is 6.07 Å². The zero-order chi connectivity index (χ0) is 15.0. The van der Waals surface area contributed by atoms with Crippen molar-refractivity contribution in [3.63, 3.8) is 0 Å². The summed E-state index contributed by atoms with van der Waals surface area (Å²) >= 11 is 0. The topological polar surface area (TPSA) is 75.7 Å². The van der Waals surface area contributed by atoms with Crippen LogP contribution in [0.2, 0.25) is 0 Å². The quantitative estimate of drug-likeness (QED) is 0.560. The van der Waals surface area contributed by atoms with E-state index < -0.39 is 30.0 Å². The molecule has 106 valence electrons. The van der Waals surface area contributed by atoms with Crippen LogP contribution in [0.4, 0.5) is 14.5 Å². The Morgan fingerprint density at radius 2 is 1.68 bits per heavy atom. The van der Waals surface area contributed by atoms with Crippen molar-refractivity contribution in [3.8, 4) is 0 Å². The van der Waals surface area contributed by atoms with Crippen molar-refractivity contribution in [1.29, 1.82) is 0 Å². The van der Waals surface area contributed by atoms with Crippen molar-refractivity contribution < 1.29 is 23.6 Å². The molecule has 1 rings (SSSR count). The molecule has 0 heterocycles. The van der Waals surface area contributed by atoms with Gasteiger partial charge < -0.3 is 20.5 Å². The fraction of sp³-hybridized carbons (Fsp3) is 0.500. The van der Waals surface area contributed by atoms with Crippen LogP contribution in [-0.4, -0.2) is 28.5 Å². The smallest absolute Gasteiger partial charge is 0.423 e. The Hall–Kier alpha value is -1.18. The minimum Gasteiger partial charge on any atom is -0.423 e. The van der Waals surface area contributed by atoms with Crippen LogP contribution in [0.15, 0.2) is 12.1 Å². The second kappa shape index (κ2) is 5.07. The number of nitrogen functional groups attached to an aromatic ring is 1. The molecule has 0 aliphatic carbocycles. The van der Waals surface area contributed by atoms with E-state index in [1.165, 1.54) is 13.8 Å². The third-order valence-electron chi connectivity index (χ3n) is 3.26. The van der Waals surface area contributed by atoms with Crippen LogP contribution in [0.25, 0.3) is 0 Å². The number of anilines is 1. The summed E-state index contributed by atoms with van der Waals surface area (Å²) in [5.74, 6) is -1.87. The van der Waals surface area contributed by atoms with Gasteiger partial charge in [-0.3, -0.25) is 0 Å². The van der Waals surface area contributed by atoms with Crippen LogP contribution >= 0.6 is 0 Å². The monoisotopic (exact) mass is 273 g/mol. The highest BCUT2D eigenvalue weighted by Gasteiger charge is 2.40. The van der Waals surface area contributed by atoms with Crippen molar-refractivity contribution in [2.45, 2.75) is 38.9 Å². The lowest BCUT2D eigenvalue weighted by Crippen LogP contribution is -2.53. The molecule has 0 radical (unpaired) electrons. The zero-order valence-corrected chi connectivity index (χ0v) is 11.4. The second-order valence-electron chi connectivity index (χ2n) is 5.43. The summed E-state index contributed by atoms with van der Waals surface area (Å²) < 4.78 is 31.8. The molecule has 7 heteroatoms. The first-order chi connectivity index (χ1) is 8.45. The molecule has 1 aromatic rings. The van der Waals surface area contributed by atoms with Crippen LogP contribution in [0.5, 0.6) is 0 Å². The molecule has 0 bridgehead atoms. The van der Waals surface area contributed by atoms with Crippen LogP contribution < -0.4 is 11.2 Å². The summed E-state index contributed by atoms with van der Waals surface area (Å²) in [6.45, 7) is 6.08. The van der Waals surface area contributed by atoms with E-state index in [4.69, 9.17) is 10.4 Å². The summed E-state index contributed by atoms with van der Waals surface area (Å²) in [6, 6.07) is 1.55. The van der Waals surface area contributed by atoms with Gasteiger partial charge in [0, 0.05) is 11.5 Å². The van der Waals surface area contributed by atoms with Crippen molar-refractivity contribution in [2.24, 2.45) is 0 Å². The van der Waals surface area contributed by atoms with Gasteiger partial charge in [0.05, 0.1) is 16.9 Å². The molecule has 0 aliphatic rings. The molecule has 0 aromatic heterocycles. The highest BCUT2D eigenvalue weighted by atomic mass is 19.1. The fourth-order valence-electron chi connectivity index (χ4n) is 1.26. The first-order valence-electron chi connectivity index (χ1n) is 5.78. The molecule has 0 atom stereocenters. The average molecular weight is 273 g/mol. The largest absolute Gasteiger partial charge is 0.494 e. The van der Waals surface area contributed by atoms with E-state index in [-0.39, 0.29) is 11.2 Å². The number of aliphatic hydroxyl groups is 1. The summed E-state index contributed by atoms with van der Waals surface area (Å²) in [7, 11) is -1.66. The van der Waals surface area contributed by atoms with Crippen LogP contribution in [0.1, 0.15) is 27.7 Å². The highest BCUT2D eigenvalue weighted by Crippen LogP contribution is 2.25. The molecule has 4 N–H and O–H groups in total. The Morgan fingerprint density at radius 3 is 2.16 bits per heavy atom. The lowest BCUT2D eigenvalue weighted by molar-refractivity contribution is -0.0983. The number of hydrogen-bond acceptors (Lipinski definition) is 4. The van der Waals surface area contributed by atoms with E-state index >= 15 is 0 Å². The molecule has 0 amide bonds. The standard InChI is InChI=1S/C12H18BF2NO3/c1-11(2,17)12(3,4)19-13(18)7-5-10(16)9(15)6-8(7)14/h5-6,17-18H,16H2,1-4H3. The molecule has 1 aromatic carbocycles. The Balaban J connectivity index is 3.03. The lowest BCUT2D eigenvalue weighted by Gasteiger charge is -2.38. The molecule has 0 saturated heterocycles. The van der Waals surface area contributed by atoms with E-state index in [9.17, 15) is 18.9 Å². The van der Waals surface area contributed by atoms with Crippen LogP contribution in [-0.2, 0) is 4.65 Å². The number of benzene rings is 1. The SMILES string of the molecule is CC(C)(O)C(C)(C)OB(O)c1cc(N)c(F)cc1F. The van der Waals surface area contributed by atoms with Crippen molar-refractivity contribution in [2.75, 3.05) is 5.73 Å². The predicted octanol–water partition coefficient (Wildman–Crippen LogP) is 0.801. The second-order valence-corrected chi connectivity index (χ2v) is 5.43. The van der Waals surface area contributed by atoms with Gasteiger partial charge in [-0.1, -0.05) is 0 Å². The summed E-state index contributed by atoms with van der Waals surface area (Å²) in [5.41, 5.74) is 2.33. The number of rotatable bonds is 4. The van der Waals surface area contributed by atoms with Gasteiger partial charge in [-0.05, 0) is 33.8 Å². The number of nitrogens with two attached hydrogens (primary N) is 1. The highest BCUT2D eigenvalue weighted by molar-refractivity contribution is 6.60. The zero-order valence-electron chi connectivity index (χ0n) is 11.4. The molecule has 0 spiro atoms. The molecule has 0 unspecified atom stereocenters. The van der Waals surface area contributed by atoms with Gasteiger partial charge in [-0.15, -0.1) is 0 Å². The van der Waals surface area contributed by atoms with Crippen LogP contribution in [0.3, 0.4) is 0 Å². The first-order valence-corrected chi connectivity index (χ1v) is 5.78. The molecule has 0 aliphatic heterocycles. The Morgan fingerprint density at radius 1 is 1.16 bits per heavy atom. The Bertz CT molecular complexity index is 475. The van der Waals surface area contributed by atoms with E-state index in [2.05, 4.69) is 0 Å². The van der Waals surface area contributed by atoms with Crippen LogP contribution in [0, 0.1) is 11.6 Å². The molecular weight excluding hydrogens is 255 g/mol. The minimum absolute atomic E-state index is 0.281. The van der Waals surface area contributed by atoms with Gasteiger partial charge in [0.25, 0.3) is 0 Å². The van der Waals surface area contributed by atoms with Gasteiger partial charge in [0.1, 0.15) is 11.6 Å². The first kappa shape index (κ1) is 15.9. The fourth-order valence-corrected chi connectivity index (χ4v) is 1.26. The summed E-state index contributed by atoms with van der Waals surface area (Å²) in [4.78, 5) is 0. The van der Waals surface area contributed by atoms with E-state index in [0.29, 0.717) is 6.07 Å². The number of halogens is 2. The van der Waals surface area contributed by atoms with Gasteiger partial charge in [-0.25, -0.2) is 8.78 Å². The summed E-state index contributed by atoms with van der Waals surface area (Å²) in [5, 5.41) is 19.8. The number of hydrogen-bond donors (Lipinski definition) is 3. The Kier molecular flexibility index (Phi) is 4.24. The minimum atomic E-state index is -1.66. The maximum absolute atomic E-state index is 13.6. The maximum Gasteiger partial charge on any atom is 0.494 e. The van der Waals surface area contributed by atoms with Crippen molar-refractivity contribution in [1.82, 2.24) is 0 Å². The molecule has 0 saturated carbocycles. The molecule has 19 heavy (non-hydrogen) atoms. The molecule has 4 nitrogen and oxygen atoms in total. The third-order valence-corrected chi connectivity index (χ3v) is 3.26. The van der Waals surface area contributed by atoms with E-state index in [1.54, 1.807) is 13.8 Å². The molecule has 0 fully saturated rings. The third kappa shape index (κ3) is 3.43. The summed E-state index contributed by atoms with van der Waals surface area (Å²) in [6.07, 6.45) is 0. The van der Waals surface area contributed by atoms with E-state index in [1.807, 2.05) is 0 Å². The van der Waals surface area contributed by atoms with Gasteiger partial charge in [-0.2, -0.15) is 0 Å². The van der Waals surface area contributed by atoms with Gasteiger partial charge in [0.2, 0.25) is 0 Å². The predicted molar refractivity (Wildman–Crippen MR) is 69.8 cm³/mol. The normalized spacial score (nSPS) is 12.6. The van der Waals surface area contributed by atoms with Gasteiger partial charge >= 0.3 is 7.12 Å². The lowest BCUT2D eigenvalue weighted by atomic mass is 9.76.